The molecule has 2 N–H and O–H groups in total. The van der Waals surface area contributed by atoms with E-state index in [2.05, 4.69) is 40.9 Å². The Morgan fingerprint density at radius 3 is 2.83 bits per heavy atom. The molecule has 2 saturated heterocycles. The van der Waals surface area contributed by atoms with Crippen LogP contribution in [0.4, 0.5) is 15.9 Å². The lowest BCUT2D eigenvalue weighted by atomic mass is 9.82. The predicted octanol–water partition coefficient (Wildman–Crippen LogP) is 3.97. The van der Waals surface area contributed by atoms with Crippen LogP contribution < -0.4 is 15.4 Å². The van der Waals surface area contributed by atoms with Gasteiger partial charge < -0.3 is 25.0 Å². The van der Waals surface area contributed by atoms with E-state index in [-0.39, 0.29) is 16.9 Å². The molecule has 5 aliphatic rings. The monoisotopic (exact) mass is 644 g/mol. The lowest BCUT2D eigenvalue weighted by Gasteiger charge is -2.38. The highest BCUT2D eigenvalue weighted by Crippen LogP contribution is 2.54. The van der Waals surface area contributed by atoms with Gasteiger partial charge in [-0.2, -0.15) is 15.1 Å². The summed E-state index contributed by atoms with van der Waals surface area (Å²) < 4.78 is 29.9. The summed E-state index contributed by atoms with van der Waals surface area (Å²) in [4.78, 5) is 28.9. The zero-order chi connectivity index (χ0) is 32.7. The summed E-state index contributed by atoms with van der Waals surface area (Å²) in [5, 5.41) is 4.64. The topological polar surface area (TPSA) is 115 Å². The summed E-state index contributed by atoms with van der Waals surface area (Å²) >= 11 is 0. The maximum atomic E-state index is 14.6. The number of fused-ring (bicyclic) bond motifs is 5. The van der Waals surface area contributed by atoms with Crippen LogP contribution in [-0.2, 0) is 41.9 Å². The molecule has 2 fully saturated rings. The number of rotatable bonds is 5. The van der Waals surface area contributed by atoms with Gasteiger partial charge in [-0.25, -0.2) is 4.39 Å². The number of ether oxygens (including phenoxy) is 2. The minimum atomic E-state index is -0.833. The zero-order valence-electron chi connectivity index (χ0n) is 27.9. The van der Waals surface area contributed by atoms with Crippen molar-refractivity contribution in [2.75, 3.05) is 51.0 Å². The second-order valence-electron chi connectivity index (χ2n) is 15.2. The summed E-state index contributed by atoms with van der Waals surface area (Å²) in [6.07, 6.45) is 3.84. The third-order valence-electron chi connectivity index (χ3n) is 11.2. The molecule has 1 spiro atoms. The number of aryl methyl sites for hydroxylation is 1. The maximum Gasteiger partial charge on any atom is 0.318 e. The number of benzene rings is 1. The number of carbonyl (C=O) groups is 1. The standard InChI is InChI=1S/C35H45FN8O3/c1-33(2)20-35(27-13-23(37)7-8-26(27)33)16-29-25(19-47-35)30(39-32(38-29)46-21-34-9-5-11-43(34)17-22(36)15-34)42-10-6-12-44-24(18-42)14-28(40-44)31(45)41(3)4/h7-8,13-14,22H,5-6,9-12,15-21,37H2,1-4H3/t22-,34+,35+/m1/s1. The number of halogens is 1. The largest absolute Gasteiger partial charge is 0.461 e. The molecule has 0 bridgehead atoms. The van der Waals surface area contributed by atoms with E-state index >= 15 is 0 Å². The number of anilines is 2. The van der Waals surface area contributed by atoms with Crippen molar-refractivity contribution in [2.45, 2.75) is 94.8 Å². The molecule has 250 valence electrons. The first kappa shape index (κ1) is 30.6. The van der Waals surface area contributed by atoms with E-state index in [1.165, 1.54) is 5.56 Å². The number of nitrogens with zero attached hydrogens (tertiary/aromatic N) is 7. The number of nitrogens with two attached hydrogens (primary N) is 1. The Balaban J connectivity index is 1.17. The van der Waals surface area contributed by atoms with Crippen molar-refractivity contribution in [3.63, 3.8) is 0 Å². The van der Waals surface area contributed by atoms with Gasteiger partial charge in [0.15, 0.2) is 5.69 Å². The van der Waals surface area contributed by atoms with Gasteiger partial charge in [0, 0.05) is 57.8 Å². The van der Waals surface area contributed by atoms with E-state index in [9.17, 15) is 9.18 Å². The van der Waals surface area contributed by atoms with E-state index in [1.54, 1.807) is 19.0 Å². The van der Waals surface area contributed by atoms with Gasteiger partial charge in [-0.05, 0) is 67.0 Å². The number of nitrogen functional groups attached to an aromatic ring is 1. The van der Waals surface area contributed by atoms with Crippen LogP contribution in [-0.4, -0.2) is 87.5 Å². The Kier molecular flexibility index (Phi) is 7.07. The third-order valence-corrected chi connectivity index (χ3v) is 11.2. The van der Waals surface area contributed by atoms with E-state index in [0.717, 1.165) is 72.8 Å². The molecule has 6 heterocycles. The van der Waals surface area contributed by atoms with E-state index in [1.807, 2.05) is 16.8 Å². The van der Waals surface area contributed by atoms with Crippen LogP contribution in [0, 0.1) is 0 Å². The average Bonchev–Trinajstić information content (AvgIpc) is 3.70. The molecule has 3 atom stereocenters. The molecule has 0 radical (unpaired) electrons. The number of aromatic nitrogens is 4. The zero-order valence-corrected chi connectivity index (χ0v) is 27.9. The van der Waals surface area contributed by atoms with Crippen LogP contribution in [0.25, 0.3) is 0 Å². The quantitative estimate of drug-likeness (QED) is 0.412. The highest BCUT2D eigenvalue weighted by Gasteiger charge is 2.52. The summed E-state index contributed by atoms with van der Waals surface area (Å²) in [5.74, 6) is 0.671. The SMILES string of the molecule is CN(C)C(=O)c1cc2n(n1)CCCN(c1nc(OC[C@@]34CCCN3C[C@H](F)C4)nc3c1CO[C@@]1(C3)CC(C)(C)c3ccc(N)cc31)C2. The van der Waals surface area contributed by atoms with Gasteiger partial charge in [-0.15, -0.1) is 0 Å². The molecule has 47 heavy (non-hydrogen) atoms. The molecule has 11 nitrogen and oxygen atoms in total. The lowest BCUT2D eigenvalue weighted by Crippen LogP contribution is -2.43. The van der Waals surface area contributed by atoms with Crippen molar-refractivity contribution in [1.82, 2.24) is 29.5 Å². The fourth-order valence-corrected chi connectivity index (χ4v) is 8.99. The van der Waals surface area contributed by atoms with Crippen molar-refractivity contribution in [3.05, 3.63) is 58.0 Å². The fraction of sp³-hybridized carbons (Fsp3) is 0.600. The number of amides is 1. The fourth-order valence-electron chi connectivity index (χ4n) is 8.99. The van der Waals surface area contributed by atoms with Gasteiger partial charge >= 0.3 is 6.01 Å². The first-order chi connectivity index (χ1) is 22.5. The van der Waals surface area contributed by atoms with Gasteiger partial charge in [0.2, 0.25) is 0 Å². The lowest BCUT2D eigenvalue weighted by molar-refractivity contribution is -0.0802. The molecule has 1 amide bonds. The summed E-state index contributed by atoms with van der Waals surface area (Å²) in [6, 6.07) is 8.39. The molecule has 12 heteroatoms. The Hall–Kier alpha value is -3.77. The second-order valence-corrected chi connectivity index (χ2v) is 15.2. The molecule has 0 saturated carbocycles. The minimum absolute atomic E-state index is 0.0862. The predicted molar refractivity (Wildman–Crippen MR) is 175 cm³/mol. The minimum Gasteiger partial charge on any atom is -0.461 e. The number of carbonyl (C=O) groups excluding carboxylic acids is 1. The van der Waals surface area contributed by atoms with E-state index < -0.39 is 11.8 Å². The molecule has 1 aromatic carbocycles. The molecule has 4 aliphatic heterocycles. The van der Waals surface area contributed by atoms with Crippen LogP contribution in [0.1, 0.15) is 84.5 Å². The highest BCUT2D eigenvalue weighted by molar-refractivity contribution is 5.92. The van der Waals surface area contributed by atoms with Crippen molar-refractivity contribution in [2.24, 2.45) is 0 Å². The van der Waals surface area contributed by atoms with Gasteiger partial charge in [0.1, 0.15) is 24.2 Å². The number of hydrogen-bond donors (Lipinski definition) is 1. The van der Waals surface area contributed by atoms with Crippen molar-refractivity contribution in [1.29, 1.82) is 0 Å². The molecular weight excluding hydrogens is 599 g/mol. The van der Waals surface area contributed by atoms with Crippen LogP contribution >= 0.6 is 0 Å². The smallest absolute Gasteiger partial charge is 0.318 e. The van der Waals surface area contributed by atoms with Crippen molar-refractivity contribution in [3.8, 4) is 6.01 Å². The highest BCUT2D eigenvalue weighted by atomic mass is 19.1. The Morgan fingerprint density at radius 1 is 1.15 bits per heavy atom. The Labute approximate surface area is 275 Å². The molecule has 8 rings (SSSR count). The van der Waals surface area contributed by atoms with Crippen LogP contribution in [0.2, 0.25) is 0 Å². The van der Waals surface area contributed by atoms with E-state index in [4.69, 9.17) is 25.2 Å². The van der Waals surface area contributed by atoms with Gasteiger partial charge in [-0.1, -0.05) is 19.9 Å². The molecule has 1 aliphatic carbocycles. The molecule has 0 unspecified atom stereocenters. The molecule has 3 aromatic rings. The number of alkyl halides is 1. The van der Waals surface area contributed by atoms with Crippen LogP contribution in [0.3, 0.4) is 0 Å². The van der Waals surface area contributed by atoms with Crippen LogP contribution in [0.5, 0.6) is 6.01 Å². The second kappa shape index (κ2) is 10.9. The summed E-state index contributed by atoms with van der Waals surface area (Å²) in [5.41, 5.74) is 11.8. The average molecular weight is 645 g/mol. The summed E-state index contributed by atoms with van der Waals surface area (Å²) in [7, 11) is 3.48. The normalized spacial score (nSPS) is 27.7. The van der Waals surface area contributed by atoms with Gasteiger partial charge in [0.25, 0.3) is 5.91 Å². The first-order valence-electron chi connectivity index (χ1n) is 16.9. The van der Waals surface area contributed by atoms with Crippen LogP contribution in [0.15, 0.2) is 24.3 Å². The van der Waals surface area contributed by atoms with Gasteiger partial charge in [-0.3, -0.25) is 14.4 Å². The Morgan fingerprint density at radius 2 is 2.00 bits per heavy atom. The van der Waals surface area contributed by atoms with E-state index in [0.29, 0.717) is 57.4 Å². The van der Waals surface area contributed by atoms with Crippen molar-refractivity contribution >= 4 is 17.4 Å². The van der Waals surface area contributed by atoms with Gasteiger partial charge in [0.05, 0.1) is 30.1 Å². The third kappa shape index (κ3) is 5.06. The molecule has 2 aromatic heterocycles. The first-order valence-corrected chi connectivity index (χ1v) is 16.9. The maximum absolute atomic E-state index is 14.6. The molecular formula is C35H45FN8O3. The summed E-state index contributed by atoms with van der Waals surface area (Å²) in [6.45, 7) is 8.61. The van der Waals surface area contributed by atoms with Crippen molar-refractivity contribution < 1.29 is 18.7 Å². The number of hydrogen-bond acceptors (Lipinski definition) is 9. The Bertz CT molecular complexity index is 1740.